The summed E-state index contributed by atoms with van der Waals surface area (Å²) in [7, 11) is 0. The van der Waals surface area contributed by atoms with Gasteiger partial charge in [-0.25, -0.2) is 18.3 Å². The van der Waals surface area contributed by atoms with Gasteiger partial charge in [-0.3, -0.25) is 0 Å². The first-order valence-corrected chi connectivity index (χ1v) is 13.0. The second-order valence-electron chi connectivity index (χ2n) is 9.43. The molecule has 0 atom stereocenters. The highest BCUT2D eigenvalue weighted by Gasteiger charge is 2.09. The van der Waals surface area contributed by atoms with Crippen molar-refractivity contribution >= 4 is 0 Å². The molecular weight excluding hydrogens is 472 g/mol. The number of benzene rings is 1. The van der Waals surface area contributed by atoms with Gasteiger partial charge >= 0.3 is 0 Å². The van der Waals surface area contributed by atoms with Crippen LogP contribution < -0.4 is 18.3 Å². The van der Waals surface area contributed by atoms with Crippen molar-refractivity contribution in [3.8, 4) is 22.3 Å². The van der Waals surface area contributed by atoms with E-state index in [0.29, 0.717) is 13.1 Å². The molecule has 0 unspecified atom stereocenters. The predicted molar refractivity (Wildman–Crippen MR) is 143 cm³/mol. The van der Waals surface area contributed by atoms with E-state index in [9.17, 15) is 0 Å². The molecule has 2 N–H and O–H groups in total. The van der Waals surface area contributed by atoms with E-state index in [4.69, 9.17) is 10.2 Å². The van der Waals surface area contributed by atoms with E-state index in [1.807, 2.05) is 33.9 Å². The summed E-state index contributed by atoms with van der Waals surface area (Å²) < 4.78 is 8.33. The molecule has 4 heterocycles. The third kappa shape index (κ3) is 6.54. The average Bonchev–Trinajstić information content (AvgIpc) is 2.96. The van der Waals surface area contributed by atoms with E-state index in [2.05, 4.69) is 107 Å². The number of nitrogens with zero attached hydrogens (tertiary/aromatic N) is 4. The van der Waals surface area contributed by atoms with Crippen molar-refractivity contribution in [1.29, 1.82) is 0 Å². The van der Waals surface area contributed by atoms with E-state index in [-0.39, 0.29) is 13.2 Å². The summed E-state index contributed by atoms with van der Waals surface area (Å²) in [4.78, 5) is 0. The van der Waals surface area contributed by atoms with E-state index >= 15 is 0 Å². The number of aliphatic hydroxyl groups excluding tert-OH is 2. The highest BCUT2D eigenvalue weighted by Crippen LogP contribution is 2.17. The second kappa shape index (κ2) is 12.3. The number of aromatic nitrogens is 4. The van der Waals surface area contributed by atoms with Gasteiger partial charge in [0, 0.05) is 59.7 Å². The van der Waals surface area contributed by atoms with Crippen molar-refractivity contribution < 1.29 is 28.5 Å². The Morgan fingerprint density at radius 1 is 0.368 bits per heavy atom. The van der Waals surface area contributed by atoms with Crippen LogP contribution in [0.1, 0.15) is 11.1 Å². The van der Waals surface area contributed by atoms with Crippen LogP contribution in [0.5, 0.6) is 0 Å². The molecular formula is C32H34N4O2+4. The fourth-order valence-electron chi connectivity index (χ4n) is 4.51. The Balaban J connectivity index is 1.17. The van der Waals surface area contributed by atoms with Crippen LogP contribution in [0.4, 0.5) is 0 Å². The summed E-state index contributed by atoms with van der Waals surface area (Å²) in [5.41, 5.74) is 7.20. The SMILES string of the molecule is OCC[n+]1ccc(-c2cc[n+](Cc3ccc(C[n+]4ccc(-c5cc[n+](CCO)cc5)cc4)cc3)cc2)cc1. The van der Waals surface area contributed by atoms with Gasteiger partial charge in [-0.15, -0.1) is 0 Å². The van der Waals surface area contributed by atoms with Crippen LogP contribution in [-0.2, 0) is 26.2 Å². The molecule has 0 saturated carbocycles. The Morgan fingerprint density at radius 3 is 0.895 bits per heavy atom. The van der Waals surface area contributed by atoms with Crippen LogP contribution in [0, 0.1) is 0 Å². The zero-order valence-electron chi connectivity index (χ0n) is 21.5. The monoisotopic (exact) mass is 506 g/mol. The number of aliphatic hydroxyl groups is 2. The summed E-state index contributed by atoms with van der Waals surface area (Å²) >= 11 is 0. The Bertz CT molecular complexity index is 1320. The Labute approximate surface area is 223 Å². The lowest BCUT2D eigenvalue weighted by molar-refractivity contribution is -0.698. The average molecular weight is 507 g/mol. The van der Waals surface area contributed by atoms with Crippen LogP contribution in [0.25, 0.3) is 22.3 Å². The second-order valence-corrected chi connectivity index (χ2v) is 9.43. The molecule has 0 radical (unpaired) electrons. The molecule has 0 aliphatic heterocycles. The lowest BCUT2D eigenvalue weighted by Crippen LogP contribution is -2.34. The van der Waals surface area contributed by atoms with Crippen molar-refractivity contribution in [3.63, 3.8) is 0 Å². The van der Waals surface area contributed by atoms with Gasteiger partial charge in [0.15, 0.2) is 75.8 Å². The Hall–Kier alpha value is -4.26. The molecule has 0 bridgehead atoms. The Morgan fingerprint density at radius 2 is 0.632 bits per heavy atom. The molecule has 0 spiro atoms. The molecule has 190 valence electrons. The molecule has 0 fully saturated rings. The molecule has 0 aliphatic rings. The third-order valence-electron chi connectivity index (χ3n) is 6.70. The van der Waals surface area contributed by atoms with Crippen LogP contribution >= 0.6 is 0 Å². The maximum Gasteiger partial charge on any atom is 0.173 e. The first-order chi connectivity index (χ1) is 18.7. The first-order valence-electron chi connectivity index (χ1n) is 13.0. The van der Waals surface area contributed by atoms with Gasteiger partial charge in [0.25, 0.3) is 0 Å². The molecule has 4 aromatic heterocycles. The van der Waals surface area contributed by atoms with Crippen LogP contribution in [0.3, 0.4) is 0 Å². The number of pyridine rings is 4. The van der Waals surface area contributed by atoms with Crippen molar-refractivity contribution in [2.45, 2.75) is 26.2 Å². The van der Waals surface area contributed by atoms with Gasteiger partial charge in [-0.2, -0.15) is 0 Å². The number of hydrogen-bond acceptors (Lipinski definition) is 2. The number of rotatable bonds is 10. The van der Waals surface area contributed by atoms with Crippen molar-refractivity contribution in [2.75, 3.05) is 13.2 Å². The maximum atomic E-state index is 9.07. The summed E-state index contributed by atoms with van der Waals surface area (Å²) in [6, 6.07) is 25.7. The summed E-state index contributed by atoms with van der Waals surface area (Å²) in [6.45, 7) is 3.16. The number of hydrogen-bond donors (Lipinski definition) is 2. The third-order valence-corrected chi connectivity index (χ3v) is 6.70. The maximum absolute atomic E-state index is 9.07. The lowest BCUT2D eigenvalue weighted by atomic mass is 10.1. The topological polar surface area (TPSA) is 56.0 Å². The molecule has 0 aliphatic carbocycles. The van der Waals surface area contributed by atoms with Gasteiger partial charge in [0.2, 0.25) is 0 Å². The van der Waals surface area contributed by atoms with Crippen molar-refractivity contribution in [1.82, 2.24) is 0 Å². The normalized spacial score (nSPS) is 11.0. The van der Waals surface area contributed by atoms with E-state index in [1.54, 1.807) is 0 Å². The zero-order chi connectivity index (χ0) is 26.2. The van der Waals surface area contributed by atoms with E-state index in [1.165, 1.54) is 22.3 Å². The van der Waals surface area contributed by atoms with Crippen molar-refractivity contribution in [2.24, 2.45) is 0 Å². The molecule has 0 amide bonds. The largest absolute Gasteiger partial charge is 0.390 e. The summed E-state index contributed by atoms with van der Waals surface area (Å²) in [5, 5.41) is 18.1. The smallest absolute Gasteiger partial charge is 0.173 e. The van der Waals surface area contributed by atoms with Gasteiger partial charge in [-0.1, -0.05) is 24.3 Å². The van der Waals surface area contributed by atoms with Gasteiger partial charge in [-0.05, 0) is 22.3 Å². The molecule has 6 heteroatoms. The van der Waals surface area contributed by atoms with E-state index in [0.717, 1.165) is 24.2 Å². The van der Waals surface area contributed by atoms with Gasteiger partial charge in [0.05, 0.1) is 0 Å². The molecule has 38 heavy (non-hydrogen) atoms. The minimum Gasteiger partial charge on any atom is -0.390 e. The minimum atomic E-state index is 0.144. The summed E-state index contributed by atoms with van der Waals surface area (Å²) in [6.07, 6.45) is 16.5. The minimum absolute atomic E-state index is 0.144. The quantitative estimate of drug-likeness (QED) is 0.286. The van der Waals surface area contributed by atoms with E-state index < -0.39 is 0 Å². The van der Waals surface area contributed by atoms with Crippen LogP contribution in [-0.4, -0.2) is 23.4 Å². The zero-order valence-corrected chi connectivity index (χ0v) is 21.5. The Kier molecular flexibility index (Phi) is 8.23. The lowest BCUT2D eigenvalue weighted by Gasteiger charge is -2.03. The fraction of sp³-hybridized carbons (Fsp3) is 0.188. The predicted octanol–water partition coefficient (Wildman–Crippen LogP) is 2.25. The molecule has 5 rings (SSSR count). The highest BCUT2D eigenvalue weighted by atomic mass is 16.3. The standard InChI is InChI=1S/C32H34N4O2/c37-23-21-33-13-5-29(6-14-33)31-9-17-35(18-10-31)25-27-1-2-28(4-3-27)26-36-19-11-32(12-20-36)30-7-15-34(16-8-30)22-24-38/h1-20,37-38H,21-26H2/q+4. The highest BCUT2D eigenvalue weighted by molar-refractivity contribution is 5.61. The first kappa shape index (κ1) is 25.4. The van der Waals surface area contributed by atoms with Gasteiger partial charge < -0.3 is 10.2 Å². The van der Waals surface area contributed by atoms with Crippen LogP contribution in [0.2, 0.25) is 0 Å². The molecule has 6 nitrogen and oxygen atoms in total. The van der Waals surface area contributed by atoms with Crippen LogP contribution in [0.15, 0.2) is 122 Å². The molecule has 0 saturated heterocycles. The molecule has 1 aromatic carbocycles. The molecule has 5 aromatic rings. The van der Waals surface area contributed by atoms with Gasteiger partial charge in [0.1, 0.15) is 13.2 Å². The fourth-order valence-corrected chi connectivity index (χ4v) is 4.51. The van der Waals surface area contributed by atoms with Crippen molar-refractivity contribution in [3.05, 3.63) is 133 Å². The summed E-state index contributed by atoms with van der Waals surface area (Å²) in [5.74, 6) is 0.